The minimum atomic E-state index is -0.0408. The number of nitrogens with one attached hydrogen (secondary N) is 2. The van der Waals surface area contributed by atoms with Crippen molar-refractivity contribution in [2.24, 2.45) is 0 Å². The Hall–Kier alpha value is -1.96. The third-order valence-corrected chi connectivity index (χ3v) is 5.94. The van der Waals surface area contributed by atoms with Crippen molar-refractivity contribution >= 4 is 28.2 Å². The first-order valence-corrected chi connectivity index (χ1v) is 11.4. The normalized spacial score (nSPS) is 14.7. The summed E-state index contributed by atoms with van der Waals surface area (Å²) in [5, 5.41) is 5.16. The number of aryl methyl sites for hydroxylation is 1. The van der Waals surface area contributed by atoms with Gasteiger partial charge in [0.25, 0.3) is 5.56 Å². The highest BCUT2D eigenvalue weighted by molar-refractivity contribution is 7.80. The van der Waals surface area contributed by atoms with Crippen molar-refractivity contribution in [3.8, 4) is 0 Å². The molecule has 1 saturated heterocycles. The number of nitrogens with zero attached hydrogens (tertiary/aromatic N) is 2. The van der Waals surface area contributed by atoms with Crippen molar-refractivity contribution in [2.75, 3.05) is 45.9 Å². The van der Waals surface area contributed by atoms with Crippen LogP contribution >= 0.6 is 12.2 Å². The number of fused-ring (bicyclic) bond motifs is 1. The highest BCUT2D eigenvalue weighted by atomic mass is 32.1. The van der Waals surface area contributed by atoms with Crippen LogP contribution in [0.1, 0.15) is 37.3 Å². The summed E-state index contributed by atoms with van der Waals surface area (Å²) in [5.41, 5.74) is 2.76. The summed E-state index contributed by atoms with van der Waals surface area (Å²) in [6, 6.07) is 8.09. The fourth-order valence-corrected chi connectivity index (χ4v) is 4.00. The van der Waals surface area contributed by atoms with Crippen LogP contribution in [0, 0.1) is 6.92 Å². The number of morpholine rings is 1. The zero-order valence-corrected chi connectivity index (χ0v) is 19.0. The first kappa shape index (κ1) is 22.7. The number of ether oxygens (including phenoxy) is 1. The van der Waals surface area contributed by atoms with E-state index in [0.717, 1.165) is 86.8 Å². The summed E-state index contributed by atoms with van der Waals surface area (Å²) in [7, 11) is 0. The summed E-state index contributed by atoms with van der Waals surface area (Å²) < 4.78 is 5.43. The molecule has 0 amide bonds. The predicted molar refractivity (Wildman–Crippen MR) is 127 cm³/mol. The number of rotatable bonds is 9. The van der Waals surface area contributed by atoms with Crippen LogP contribution in [0.4, 0.5) is 0 Å². The monoisotopic (exact) mass is 430 g/mol. The minimum Gasteiger partial charge on any atom is -0.379 e. The Morgan fingerprint density at radius 1 is 1.27 bits per heavy atom. The Balaban J connectivity index is 1.70. The van der Waals surface area contributed by atoms with Crippen LogP contribution < -0.4 is 10.9 Å². The number of hydrogen-bond acceptors (Lipinski definition) is 4. The molecule has 1 aliphatic heterocycles. The highest BCUT2D eigenvalue weighted by Crippen LogP contribution is 2.14. The Labute approximate surface area is 184 Å². The summed E-state index contributed by atoms with van der Waals surface area (Å²) in [6.45, 7) is 11.1. The third kappa shape index (κ3) is 6.52. The lowest BCUT2D eigenvalue weighted by Gasteiger charge is -2.29. The minimum absolute atomic E-state index is 0.0408. The molecule has 1 aliphatic rings. The molecule has 30 heavy (non-hydrogen) atoms. The molecular weight excluding hydrogens is 396 g/mol. The van der Waals surface area contributed by atoms with Crippen LogP contribution in [0.25, 0.3) is 10.9 Å². The van der Waals surface area contributed by atoms with Gasteiger partial charge in [0.15, 0.2) is 5.11 Å². The van der Waals surface area contributed by atoms with E-state index >= 15 is 0 Å². The fourth-order valence-electron chi connectivity index (χ4n) is 3.74. The number of unbranched alkanes of at least 4 members (excludes halogenated alkanes) is 1. The number of aromatic nitrogens is 1. The summed E-state index contributed by atoms with van der Waals surface area (Å²) >= 11 is 5.69. The van der Waals surface area contributed by atoms with E-state index in [1.54, 1.807) is 0 Å². The number of H-pyrrole nitrogens is 1. The Morgan fingerprint density at radius 2 is 2.07 bits per heavy atom. The van der Waals surface area contributed by atoms with E-state index in [1.807, 2.05) is 18.2 Å². The van der Waals surface area contributed by atoms with Crippen LogP contribution in [0.3, 0.4) is 0 Å². The number of pyridine rings is 1. The lowest BCUT2D eigenvalue weighted by molar-refractivity contribution is 0.0367. The van der Waals surface area contributed by atoms with Gasteiger partial charge in [0.2, 0.25) is 0 Å². The fraction of sp³-hybridized carbons (Fsp3) is 0.565. The molecular formula is C23H34N4O2S. The van der Waals surface area contributed by atoms with Gasteiger partial charge in [-0.05, 0) is 55.6 Å². The van der Waals surface area contributed by atoms with Crippen LogP contribution in [-0.2, 0) is 11.3 Å². The molecule has 2 heterocycles. The van der Waals surface area contributed by atoms with E-state index in [4.69, 9.17) is 17.0 Å². The number of thiocarbonyl (C=S) groups is 1. The second-order valence-corrected chi connectivity index (χ2v) is 8.42. The Morgan fingerprint density at radius 3 is 2.83 bits per heavy atom. The first-order chi connectivity index (χ1) is 14.6. The van der Waals surface area contributed by atoms with Gasteiger partial charge in [-0.15, -0.1) is 0 Å². The van der Waals surface area contributed by atoms with Gasteiger partial charge in [-0.3, -0.25) is 9.69 Å². The molecule has 164 valence electrons. The van der Waals surface area contributed by atoms with Crippen molar-refractivity contribution in [1.82, 2.24) is 20.1 Å². The molecule has 0 aliphatic carbocycles. The number of benzene rings is 1. The lowest BCUT2D eigenvalue weighted by Crippen LogP contribution is -2.43. The average molecular weight is 431 g/mol. The predicted octanol–water partition coefficient (Wildman–Crippen LogP) is 3.04. The van der Waals surface area contributed by atoms with E-state index < -0.39 is 0 Å². The topological polar surface area (TPSA) is 60.6 Å². The van der Waals surface area contributed by atoms with Gasteiger partial charge in [0.1, 0.15) is 0 Å². The zero-order chi connectivity index (χ0) is 21.3. The maximum Gasteiger partial charge on any atom is 0.253 e. The van der Waals surface area contributed by atoms with Gasteiger partial charge in [0, 0.05) is 43.8 Å². The SMILES string of the molecule is CCCCNC(=S)N(CCCN1CCOCC1)Cc1cc2cc(C)ccc2[nH]c1=O. The molecule has 2 N–H and O–H groups in total. The average Bonchev–Trinajstić information content (AvgIpc) is 2.74. The molecule has 0 bridgehead atoms. The molecule has 3 rings (SSSR count). The van der Waals surface area contributed by atoms with Crippen LogP contribution in [0.5, 0.6) is 0 Å². The van der Waals surface area contributed by atoms with Crippen molar-refractivity contribution in [3.05, 3.63) is 45.7 Å². The molecule has 7 heteroatoms. The quantitative estimate of drug-likeness (QED) is 0.471. The van der Waals surface area contributed by atoms with E-state index in [9.17, 15) is 4.79 Å². The van der Waals surface area contributed by atoms with Crippen LogP contribution in [0.15, 0.2) is 29.1 Å². The Bertz CT molecular complexity index is 892. The Kier molecular flexibility index (Phi) is 8.66. The van der Waals surface area contributed by atoms with Crippen molar-refractivity contribution in [1.29, 1.82) is 0 Å². The van der Waals surface area contributed by atoms with Gasteiger partial charge in [0.05, 0.1) is 19.8 Å². The molecule has 1 aromatic heterocycles. The van der Waals surface area contributed by atoms with Gasteiger partial charge < -0.3 is 19.9 Å². The van der Waals surface area contributed by atoms with Crippen LogP contribution in [0.2, 0.25) is 0 Å². The van der Waals surface area contributed by atoms with E-state index in [1.165, 1.54) is 5.56 Å². The molecule has 0 unspecified atom stereocenters. The van der Waals surface area contributed by atoms with Gasteiger partial charge >= 0.3 is 0 Å². The van der Waals surface area contributed by atoms with Crippen molar-refractivity contribution in [3.63, 3.8) is 0 Å². The molecule has 2 aromatic rings. The molecule has 6 nitrogen and oxygen atoms in total. The molecule has 0 radical (unpaired) electrons. The first-order valence-electron chi connectivity index (χ1n) is 11.0. The summed E-state index contributed by atoms with van der Waals surface area (Å²) in [5.74, 6) is 0. The second kappa shape index (κ2) is 11.4. The largest absolute Gasteiger partial charge is 0.379 e. The zero-order valence-electron chi connectivity index (χ0n) is 18.2. The third-order valence-electron chi connectivity index (χ3n) is 5.54. The van der Waals surface area contributed by atoms with E-state index in [-0.39, 0.29) is 5.56 Å². The van der Waals surface area contributed by atoms with Gasteiger partial charge in [-0.25, -0.2) is 0 Å². The lowest BCUT2D eigenvalue weighted by atomic mass is 10.1. The second-order valence-electron chi connectivity index (χ2n) is 8.03. The molecule has 1 fully saturated rings. The molecule has 0 spiro atoms. The van der Waals surface area contributed by atoms with Gasteiger partial charge in [-0.2, -0.15) is 0 Å². The standard InChI is InChI=1S/C23H34N4O2S/c1-3-4-8-24-23(30)27(10-5-9-26-11-13-29-14-12-26)17-20-16-19-15-18(2)6-7-21(19)25-22(20)28/h6-7,15-16H,3-5,8-14,17H2,1-2H3,(H,24,30)(H,25,28). The van der Waals surface area contributed by atoms with E-state index in [0.29, 0.717) is 6.54 Å². The maximum absolute atomic E-state index is 12.7. The van der Waals surface area contributed by atoms with E-state index in [2.05, 4.69) is 40.0 Å². The number of hydrogen-bond donors (Lipinski definition) is 2. The number of aromatic amines is 1. The molecule has 0 atom stereocenters. The van der Waals surface area contributed by atoms with Crippen molar-refractivity contribution in [2.45, 2.75) is 39.7 Å². The maximum atomic E-state index is 12.7. The molecule has 0 saturated carbocycles. The molecule has 1 aromatic carbocycles. The summed E-state index contributed by atoms with van der Waals surface area (Å²) in [6.07, 6.45) is 3.20. The smallest absolute Gasteiger partial charge is 0.253 e. The summed E-state index contributed by atoms with van der Waals surface area (Å²) in [4.78, 5) is 20.3. The van der Waals surface area contributed by atoms with Gasteiger partial charge in [-0.1, -0.05) is 25.0 Å². The highest BCUT2D eigenvalue weighted by Gasteiger charge is 2.15. The van der Waals surface area contributed by atoms with Crippen LogP contribution in [-0.4, -0.2) is 65.8 Å². The van der Waals surface area contributed by atoms with Crippen molar-refractivity contribution < 1.29 is 4.74 Å².